The van der Waals surface area contributed by atoms with Gasteiger partial charge in [-0.15, -0.1) is 22.7 Å². The Hall–Kier alpha value is -1.78. The summed E-state index contributed by atoms with van der Waals surface area (Å²) in [6.07, 6.45) is 0. The topological polar surface area (TPSA) is 25.8 Å². The molecular weight excluding hydrogens is 332 g/mol. The first-order valence-electron chi connectivity index (χ1n) is 8.31. The van der Waals surface area contributed by atoms with Crippen molar-refractivity contribution >= 4 is 43.1 Å². The second-order valence-corrected chi connectivity index (χ2v) is 8.74. The molecular formula is C20H20N2S2. The summed E-state index contributed by atoms with van der Waals surface area (Å²) in [5.74, 6) is 0.983. The zero-order valence-corrected chi connectivity index (χ0v) is 16.0. The standard InChI is InChI=1S/C20H20N2S2/c1-11(2)13-5-6-17-16(8-13)22-20(24-17)14-7-15(12(3)4)19-18(9-14)23-10-21-19/h5-12H,1-4H3. The Bertz CT molecular complexity index is 1020. The highest BCUT2D eigenvalue weighted by Gasteiger charge is 2.14. The van der Waals surface area contributed by atoms with Crippen LogP contribution in [-0.4, -0.2) is 9.97 Å². The largest absolute Gasteiger partial charge is 0.244 e. The summed E-state index contributed by atoms with van der Waals surface area (Å²) in [5.41, 5.74) is 8.06. The van der Waals surface area contributed by atoms with Crippen LogP contribution in [0.15, 0.2) is 35.8 Å². The van der Waals surface area contributed by atoms with E-state index in [1.165, 1.54) is 26.1 Å². The normalized spacial score (nSPS) is 12.1. The molecule has 2 nitrogen and oxygen atoms in total. The first-order valence-corrected chi connectivity index (χ1v) is 10.0. The summed E-state index contributed by atoms with van der Waals surface area (Å²) in [4.78, 5) is 9.47. The summed E-state index contributed by atoms with van der Waals surface area (Å²) < 4.78 is 2.50. The molecule has 0 aliphatic carbocycles. The smallest absolute Gasteiger partial charge is 0.124 e. The average Bonchev–Trinajstić information content (AvgIpc) is 3.18. The van der Waals surface area contributed by atoms with Gasteiger partial charge in [0.05, 0.1) is 25.9 Å². The van der Waals surface area contributed by atoms with E-state index >= 15 is 0 Å². The van der Waals surface area contributed by atoms with Crippen molar-refractivity contribution in [2.24, 2.45) is 0 Å². The first-order chi connectivity index (χ1) is 11.5. The van der Waals surface area contributed by atoms with Crippen LogP contribution in [0.1, 0.15) is 50.7 Å². The van der Waals surface area contributed by atoms with Crippen molar-refractivity contribution in [2.45, 2.75) is 39.5 Å². The second-order valence-electron chi connectivity index (χ2n) is 6.82. The summed E-state index contributed by atoms with van der Waals surface area (Å²) in [6.45, 7) is 8.90. The highest BCUT2D eigenvalue weighted by molar-refractivity contribution is 7.21. The number of rotatable bonds is 3. The van der Waals surface area contributed by atoms with E-state index < -0.39 is 0 Å². The van der Waals surface area contributed by atoms with Gasteiger partial charge in [0, 0.05) is 5.56 Å². The summed E-state index contributed by atoms with van der Waals surface area (Å²) in [7, 11) is 0. The lowest BCUT2D eigenvalue weighted by molar-refractivity contribution is 0.868. The van der Waals surface area contributed by atoms with E-state index in [4.69, 9.17) is 4.98 Å². The summed E-state index contributed by atoms with van der Waals surface area (Å²) in [5, 5.41) is 1.10. The molecule has 122 valence electrons. The number of aromatic nitrogens is 2. The summed E-state index contributed by atoms with van der Waals surface area (Å²) in [6, 6.07) is 11.2. The van der Waals surface area contributed by atoms with E-state index in [0.29, 0.717) is 11.8 Å². The van der Waals surface area contributed by atoms with Gasteiger partial charge in [-0.3, -0.25) is 0 Å². The lowest BCUT2D eigenvalue weighted by Gasteiger charge is -2.08. The molecule has 2 aromatic heterocycles. The van der Waals surface area contributed by atoms with Crippen molar-refractivity contribution in [1.29, 1.82) is 0 Å². The van der Waals surface area contributed by atoms with Gasteiger partial charge in [-0.05, 0) is 47.2 Å². The molecule has 4 heteroatoms. The predicted molar refractivity (Wildman–Crippen MR) is 106 cm³/mol. The predicted octanol–water partition coefficient (Wildman–Crippen LogP) is 6.82. The highest BCUT2D eigenvalue weighted by atomic mass is 32.1. The van der Waals surface area contributed by atoms with Gasteiger partial charge in [0.15, 0.2) is 0 Å². The molecule has 4 aromatic rings. The Labute approximate surface area is 150 Å². The van der Waals surface area contributed by atoms with Gasteiger partial charge < -0.3 is 0 Å². The van der Waals surface area contributed by atoms with Crippen molar-refractivity contribution in [3.05, 3.63) is 47.0 Å². The number of thiazole rings is 2. The van der Waals surface area contributed by atoms with E-state index in [1.54, 1.807) is 22.7 Å². The van der Waals surface area contributed by atoms with Crippen molar-refractivity contribution in [3.63, 3.8) is 0 Å². The maximum atomic E-state index is 4.92. The van der Waals surface area contributed by atoms with Crippen LogP contribution in [0.4, 0.5) is 0 Å². The third-order valence-corrected chi connectivity index (χ3v) is 6.27. The maximum absolute atomic E-state index is 4.92. The molecule has 4 rings (SSSR count). The van der Waals surface area contributed by atoms with E-state index in [1.807, 2.05) is 5.51 Å². The highest BCUT2D eigenvalue weighted by Crippen LogP contribution is 2.36. The van der Waals surface area contributed by atoms with Gasteiger partial charge in [-0.1, -0.05) is 33.8 Å². The molecule has 0 aliphatic rings. The lowest BCUT2D eigenvalue weighted by Crippen LogP contribution is -1.90. The van der Waals surface area contributed by atoms with Gasteiger partial charge in [0.25, 0.3) is 0 Å². The molecule has 0 spiro atoms. The number of nitrogens with zero attached hydrogens (tertiary/aromatic N) is 2. The maximum Gasteiger partial charge on any atom is 0.124 e. The van der Waals surface area contributed by atoms with E-state index in [0.717, 1.165) is 16.0 Å². The molecule has 0 atom stereocenters. The zero-order chi connectivity index (χ0) is 16.8. The fraction of sp³-hybridized carbons (Fsp3) is 0.300. The van der Waals surface area contributed by atoms with Crippen LogP contribution in [-0.2, 0) is 0 Å². The first kappa shape index (κ1) is 15.7. The fourth-order valence-corrected chi connectivity index (χ4v) is 4.67. The van der Waals surface area contributed by atoms with Crippen molar-refractivity contribution in [1.82, 2.24) is 9.97 Å². The van der Waals surface area contributed by atoms with Gasteiger partial charge in [-0.25, -0.2) is 9.97 Å². The van der Waals surface area contributed by atoms with Gasteiger partial charge >= 0.3 is 0 Å². The second kappa shape index (κ2) is 5.94. The molecule has 0 unspecified atom stereocenters. The van der Waals surface area contributed by atoms with Crippen LogP contribution in [0.5, 0.6) is 0 Å². The van der Waals surface area contributed by atoms with Gasteiger partial charge in [0.1, 0.15) is 5.01 Å². The minimum Gasteiger partial charge on any atom is -0.244 e. The molecule has 0 saturated heterocycles. The van der Waals surface area contributed by atoms with E-state index in [-0.39, 0.29) is 0 Å². The van der Waals surface area contributed by atoms with Crippen LogP contribution in [0, 0.1) is 0 Å². The third-order valence-electron chi connectivity index (χ3n) is 4.41. The number of fused-ring (bicyclic) bond motifs is 2. The molecule has 0 N–H and O–H groups in total. The zero-order valence-electron chi connectivity index (χ0n) is 14.3. The van der Waals surface area contributed by atoms with E-state index in [2.05, 4.69) is 63.0 Å². The number of hydrogen-bond donors (Lipinski definition) is 0. The fourth-order valence-electron chi connectivity index (χ4n) is 2.98. The molecule has 0 fully saturated rings. The Balaban J connectivity index is 1.89. The molecule has 0 bridgehead atoms. The van der Waals surface area contributed by atoms with Crippen LogP contribution in [0.25, 0.3) is 31.0 Å². The Morgan fingerprint density at radius 1 is 0.917 bits per heavy atom. The monoisotopic (exact) mass is 352 g/mol. The van der Waals surface area contributed by atoms with Crippen LogP contribution in [0.2, 0.25) is 0 Å². The molecule has 0 aliphatic heterocycles. The van der Waals surface area contributed by atoms with Crippen molar-refractivity contribution < 1.29 is 0 Å². The SMILES string of the molecule is CC(C)c1ccc2sc(-c3cc(C(C)C)c4ncsc4c3)nc2c1. The van der Waals surface area contributed by atoms with Crippen LogP contribution >= 0.6 is 22.7 Å². The molecule has 24 heavy (non-hydrogen) atoms. The Morgan fingerprint density at radius 3 is 2.50 bits per heavy atom. The van der Waals surface area contributed by atoms with Crippen LogP contribution in [0.3, 0.4) is 0 Å². The van der Waals surface area contributed by atoms with E-state index in [9.17, 15) is 0 Å². The Morgan fingerprint density at radius 2 is 1.75 bits per heavy atom. The number of benzene rings is 2. The summed E-state index contributed by atoms with van der Waals surface area (Å²) >= 11 is 3.48. The molecule has 0 radical (unpaired) electrons. The Kier molecular flexibility index (Phi) is 3.89. The van der Waals surface area contributed by atoms with Crippen molar-refractivity contribution in [3.8, 4) is 10.6 Å². The molecule has 0 amide bonds. The minimum atomic E-state index is 0.455. The lowest BCUT2D eigenvalue weighted by atomic mass is 9.99. The average molecular weight is 353 g/mol. The quantitative estimate of drug-likeness (QED) is 0.404. The molecule has 2 aromatic carbocycles. The molecule has 2 heterocycles. The third kappa shape index (κ3) is 2.64. The van der Waals surface area contributed by atoms with Gasteiger partial charge in [-0.2, -0.15) is 0 Å². The van der Waals surface area contributed by atoms with Crippen LogP contribution < -0.4 is 0 Å². The number of hydrogen-bond acceptors (Lipinski definition) is 4. The van der Waals surface area contributed by atoms with Gasteiger partial charge in [0.2, 0.25) is 0 Å². The minimum absolute atomic E-state index is 0.455. The molecule has 0 saturated carbocycles. The van der Waals surface area contributed by atoms with Crippen molar-refractivity contribution in [2.75, 3.05) is 0 Å².